The van der Waals surface area contributed by atoms with Gasteiger partial charge in [0, 0.05) is 25.7 Å². The van der Waals surface area contributed by atoms with E-state index in [1.165, 1.54) is 12.8 Å². The van der Waals surface area contributed by atoms with Crippen LogP contribution in [0.3, 0.4) is 0 Å². The van der Waals surface area contributed by atoms with Crippen LogP contribution in [0.4, 0.5) is 0 Å². The van der Waals surface area contributed by atoms with Crippen LogP contribution in [0.5, 0.6) is 0 Å². The molecule has 0 aromatic heterocycles. The number of hydrogen-bond acceptors (Lipinski definition) is 3. The van der Waals surface area contributed by atoms with Crippen molar-refractivity contribution in [2.24, 2.45) is 10.9 Å². The third kappa shape index (κ3) is 6.25. The second kappa shape index (κ2) is 11.3. The molecule has 126 valence electrons. The van der Waals surface area contributed by atoms with Gasteiger partial charge in [-0.2, -0.15) is 0 Å². The van der Waals surface area contributed by atoms with Crippen molar-refractivity contribution in [2.45, 2.75) is 39.7 Å². The highest BCUT2D eigenvalue weighted by molar-refractivity contribution is 5.80. The zero-order chi connectivity index (χ0) is 16.2. The lowest BCUT2D eigenvalue weighted by Crippen LogP contribution is -2.49. The van der Waals surface area contributed by atoms with Crippen LogP contribution in [-0.4, -0.2) is 62.8 Å². The summed E-state index contributed by atoms with van der Waals surface area (Å²) in [4.78, 5) is 7.30. The van der Waals surface area contributed by atoms with Gasteiger partial charge in [0.15, 0.2) is 5.96 Å². The maximum atomic E-state index is 5.49. The summed E-state index contributed by atoms with van der Waals surface area (Å²) < 4.78 is 5.49. The molecule has 1 atom stereocenters. The van der Waals surface area contributed by atoms with Gasteiger partial charge >= 0.3 is 0 Å². The smallest absolute Gasteiger partial charge is 0.192 e. The Kier molecular flexibility index (Phi) is 9.69. The Morgan fingerprint density at radius 3 is 2.45 bits per heavy atom. The highest BCUT2D eigenvalue weighted by Gasteiger charge is 2.26. The van der Waals surface area contributed by atoms with Gasteiger partial charge in [0.2, 0.25) is 0 Å². The minimum Gasteiger partial charge on any atom is -0.379 e. The molecule has 0 radical (unpaired) electrons. The molecule has 1 unspecified atom stereocenters. The van der Waals surface area contributed by atoms with Gasteiger partial charge in [-0.05, 0) is 12.8 Å². The van der Waals surface area contributed by atoms with Crippen molar-refractivity contribution in [1.29, 1.82) is 0 Å². The van der Waals surface area contributed by atoms with Gasteiger partial charge in [-0.25, -0.2) is 0 Å². The number of rotatable bonds is 8. The van der Waals surface area contributed by atoms with Gasteiger partial charge in [-0.15, -0.1) is 6.42 Å². The van der Waals surface area contributed by atoms with Crippen LogP contribution in [0.15, 0.2) is 4.99 Å². The van der Waals surface area contributed by atoms with Crippen molar-refractivity contribution < 1.29 is 4.74 Å². The molecule has 2 N–H and O–H groups in total. The van der Waals surface area contributed by atoms with Crippen LogP contribution >= 0.6 is 0 Å². The van der Waals surface area contributed by atoms with Crippen molar-refractivity contribution >= 4 is 5.96 Å². The molecule has 5 heteroatoms. The lowest BCUT2D eigenvalue weighted by atomic mass is 9.92. The molecule has 1 saturated heterocycles. The van der Waals surface area contributed by atoms with E-state index in [1.54, 1.807) is 0 Å². The lowest BCUT2D eigenvalue weighted by molar-refractivity contribution is 0.00395. The van der Waals surface area contributed by atoms with Crippen molar-refractivity contribution in [3.63, 3.8) is 0 Å². The van der Waals surface area contributed by atoms with Crippen LogP contribution in [-0.2, 0) is 4.74 Å². The van der Waals surface area contributed by atoms with Gasteiger partial charge in [0.1, 0.15) is 0 Å². The van der Waals surface area contributed by atoms with E-state index in [-0.39, 0.29) is 0 Å². The Labute approximate surface area is 135 Å². The molecule has 1 fully saturated rings. The molecule has 1 aliphatic heterocycles. The van der Waals surface area contributed by atoms with E-state index in [0.717, 1.165) is 45.4 Å². The van der Waals surface area contributed by atoms with Crippen LogP contribution in [0.2, 0.25) is 0 Å². The van der Waals surface area contributed by atoms with E-state index < -0.39 is 0 Å². The van der Waals surface area contributed by atoms with Gasteiger partial charge < -0.3 is 15.4 Å². The molecule has 1 aliphatic rings. The minimum atomic E-state index is 0.472. The van der Waals surface area contributed by atoms with Crippen LogP contribution in [0.1, 0.15) is 33.6 Å². The maximum absolute atomic E-state index is 5.49. The number of nitrogens with one attached hydrogen (secondary N) is 2. The summed E-state index contributed by atoms with van der Waals surface area (Å²) >= 11 is 0. The standard InChI is InChI=1S/C17H32N4O/c1-5-9-19-17(18-8-4)20-14-16(15(6-2)7-3)21-10-12-22-13-11-21/h1,15-16H,6-14H2,2-4H3,(H2,18,19,20). The van der Waals surface area contributed by atoms with Crippen LogP contribution in [0, 0.1) is 18.3 Å². The number of terminal acetylenes is 1. The maximum Gasteiger partial charge on any atom is 0.192 e. The van der Waals surface area contributed by atoms with E-state index in [9.17, 15) is 0 Å². The first kappa shape index (κ1) is 18.8. The topological polar surface area (TPSA) is 48.9 Å². The summed E-state index contributed by atoms with van der Waals surface area (Å²) in [6.07, 6.45) is 7.69. The molecule has 0 aliphatic carbocycles. The van der Waals surface area contributed by atoms with E-state index in [4.69, 9.17) is 16.2 Å². The number of aliphatic imine (C=N–C) groups is 1. The molecule has 0 amide bonds. The SMILES string of the molecule is C#CCNC(=NCC(C(CC)CC)N1CCOCC1)NCC. The molecule has 22 heavy (non-hydrogen) atoms. The molecular formula is C17H32N4O. The van der Waals surface area contributed by atoms with Crippen LogP contribution < -0.4 is 10.6 Å². The summed E-state index contributed by atoms with van der Waals surface area (Å²) in [7, 11) is 0. The van der Waals surface area contributed by atoms with E-state index >= 15 is 0 Å². The summed E-state index contributed by atoms with van der Waals surface area (Å²) in [6.45, 7) is 12.4. The Hall–Kier alpha value is -1.25. The molecule has 5 nitrogen and oxygen atoms in total. The molecular weight excluding hydrogens is 276 g/mol. The summed E-state index contributed by atoms with van der Waals surface area (Å²) in [5.74, 6) is 4.07. The molecule has 0 saturated carbocycles. The van der Waals surface area contributed by atoms with Crippen molar-refractivity contribution in [1.82, 2.24) is 15.5 Å². The van der Waals surface area contributed by atoms with Gasteiger partial charge in [-0.1, -0.05) is 32.6 Å². The zero-order valence-corrected chi connectivity index (χ0v) is 14.4. The second-order valence-electron chi connectivity index (χ2n) is 5.57. The highest BCUT2D eigenvalue weighted by atomic mass is 16.5. The third-order valence-electron chi connectivity index (χ3n) is 4.25. The fourth-order valence-corrected chi connectivity index (χ4v) is 2.97. The predicted octanol–water partition coefficient (Wildman–Crippen LogP) is 1.31. The summed E-state index contributed by atoms with van der Waals surface area (Å²) in [5.41, 5.74) is 0. The third-order valence-corrected chi connectivity index (χ3v) is 4.25. The molecule has 1 rings (SSSR count). The Bertz CT molecular complexity index is 354. The van der Waals surface area contributed by atoms with E-state index in [2.05, 4.69) is 42.2 Å². The fourth-order valence-electron chi connectivity index (χ4n) is 2.97. The fraction of sp³-hybridized carbons (Fsp3) is 0.824. The summed E-state index contributed by atoms with van der Waals surface area (Å²) in [5, 5.41) is 6.41. The Balaban J connectivity index is 2.74. The number of morpholine rings is 1. The molecule has 0 aromatic rings. The second-order valence-corrected chi connectivity index (χ2v) is 5.57. The van der Waals surface area contributed by atoms with Gasteiger partial charge in [-0.3, -0.25) is 9.89 Å². The largest absolute Gasteiger partial charge is 0.379 e. The van der Waals surface area contributed by atoms with E-state index in [0.29, 0.717) is 18.5 Å². The first-order valence-electron chi connectivity index (χ1n) is 8.54. The molecule has 0 bridgehead atoms. The zero-order valence-electron chi connectivity index (χ0n) is 14.4. The predicted molar refractivity (Wildman–Crippen MR) is 93.1 cm³/mol. The molecule has 0 aromatic carbocycles. The monoisotopic (exact) mass is 308 g/mol. The first-order valence-corrected chi connectivity index (χ1v) is 8.54. The highest BCUT2D eigenvalue weighted by Crippen LogP contribution is 2.20. The lowest BCUT2D eigenvalue weighted by Gasteiger charge is -2.38. The average Bonchev–Trinajstić information content (AvgIpc) is 2.57. The van der Waals surface area contributed by atoms with Crippen molar-refractivity contribution in [3.8, 4) is 12.3 Å². The first-order chi connectivity index (χ1) is 10.8. The Morgan fingerprint density at radius 1 is 1.23 bits per heavy atom. The normalized spacial score (nSPS) is 18.0. The average molecular weight is 308 g/mol. The number of hydrogen-bond donors (Lipinski definition) is 2. The van der Waals surface area contributed by atoms with Gasteiger partial charge in [0.25, 0.3) is 0 Å². The van der Waals surface area contributed by atoms with Crippen LogP contribution in [0.25, 0.3) is 0 Å². The molecule has 1 heterocycles. The molecule has 0 spiro atoms. The van der Waals surface area contributed by atoms with Crippen molar-refractivity contribution in [3.05, 3.63) is 0 Å². The minimum absolute atomic E-state index is 0.472. The Morgan fingerprint density at radius 2 is 1.91 bits per heavy atom. The van der Waals surface area contributed by atoms with Gasteiger partial charge in [0.05, 0.1) is 26.3 Å². The van der Waals surface area contributed by atoms with Crippen molar-refractivity contribution in [2.75, 3.05) is 45.9 Å². The number of guanidine groups is 1. The number of ether oxygens (including phenoxy) is 1. The summed E-state index contributed by atoms with van der Waals surface area (Å²) in [6, 6.07) is 0.472. The number of nitrogens with zero attached hydrogens (tertiary/aromatic N) is 2. The van der Waals surface area contributed by atoms with E-state index in [1.807, 2.05) is 0 Å². The quantitative estimate of drug-likeness (QED) is 0.403.